The lowest BCUT2D eigenvalue weighted by molar-refractivity contribution is -0.942. The van der Waals surface area contributed by atoms with Crippen LogP contribution in [-0.4, -0.2) is 26.0 Å². The number of hydrogen-bond acceptors (Lipinski definition) is 2. The summed E-state index contributed by atoms with van der Waals surface area (Å²) in [6.45, 7) is 13.6. The van der Waals surface area contributed by atoms with Crippen molar-refractivity contribution in [1.82, 2.24) is 0 Å². The average Bonchev–Trinajstić information content (AvgIpc) is 2.28. The minimum absolute atomic E-state index is 0.146. The van der Waals surface area contributed by atoms with Crippen molar-refractivity contribution in [2.45, 2.75) is 45.8 Å². The van der Waals surface area contributed by atoms with Gasteiger partial charge in [0.05, 0.1) is 0 Å². The third kappa shape index (κ3) is 4.71. The van der Waals surface area contributed by atoms with Gasteiger partial charge in [0.1, 0.15) is 0 Å². The van der Waals surface area contributed by atoms with E-state index in [-0.39, 0.29) is 5.04 Å². The zero-order chi connectivity index (χ0) is 14.5. The molecule has 0 amide bonds. The normalized spacial score (nSPS) is 13.3. The molecule has 1 aromatic carbocycles. The van der Waals surface area contributed by atoms with Crippen LogP contribution in [0.2, 0.25) is 18.1 Å². The first-order chi connectivity index (χ1) is 8.76. The summed E-state index contributed by atoms with van der Waals surface area (Å²) in [5.74, 6) is 0. The van der Waals surface area contributed by atoms with Gasteiger partial charge in [-0.15, -0.1) is 0 Å². The van der Waals surface area contributed by atoms with Crippen molar-refractivity contribution in [2.24, 2.45) is 0 Å². The SMILES string of the molecule is CCO/[N+](=C/c1ccccc1)O[Si](C)(C)C(C)(C)C. The second kappa shape index (κ2) is 6.24. The summed E-state index contributed by atoms with van der Waals surface area (Å²) in [4.78, 5) is 7.10. The highest BCUT2D eigenvalue weighted by Crippen LogP contribution is 2.36. The van der Waals surface area contributed by atoms with Gasteiger partial charge in [0.2, 0.25) is 0 Å². The van der Waals surface area contributed by atoms with Crippen molar-refractivity contribution in [3.05, 3.63) is 35.9 Å². The molecule has 4 heteroatoms. The zero-order valence-electron chi connectivity index (χ0n) is 12.9. The van der Waals surface area contributed by atoms with E-state index in [1.54, 1.807) is 0 Å². The van der Waals surface area contributed by atoms with E-state index in [1.165, 1.54) is 4.90 Å². The Labute approximate surface area is 117 Å². The molecule has 0 atom stereocenters. The molecule has 0 saturated heterocycles. The standard InChI is InChI=1S/C15H26NO2Si/c1-7-17-16(13-14-11-9-8-10-12-14)18-19(5,6)15(2,3)4/h8-13H,7H2,1-6H3/q+1/b16-13-. The molecule has 0 bridgehead atoms. The van der Waals surface area contributed by atoms with Gasteiger partial charge in [0.15, 0.2) is 11.5 Å². The lowest BCUT2D eigenvalue weighted by atomic mass is 10.2. The van der Waals surface area contributed by atoms with Crippen LogP contribution in [-0.2, 0) is 9.36 Å². The van der Waals surface area contributed by atoms with E-state index in [0.29, 0.717) is 6.61 Å². The molecule has 0 heterocycles. The van der Waals surface area contributed by atoms with E-state index >= 15 is 0 Å². The van der Waals surface area contributed by atoms with Crippen molar-refractivity contribution in [2.75, 3.05) is 6.61 Å². The van der Waals surface area contributed by atoms with Gasteiger partial charge in [-0.2, -0.15) is 0 Å². The molecule has 1 aromatic rings. The Hall–Kier alpha value is -1.29. The molecular weight excluding hydrogens is 254 g/mol. The quantitative estimate of drug-likeness (QED) is 0.462. The number of hydrogen-bond donors (Lipinski definition) is 0. The molecule has 19 heavy (non-hydrogen) atoms. The fourth-order valence-corrected chi connectivity index (χ4v) is 2.07. The third-order valence-electron chi connectivity index (χ3n) is 3.43. The van der Waals surface area contributed by atoms with Crippen molar-refractivity contribution >= 4 is 14.5 Å². The van der Waals surface area contributed by atoms with E-state index in [1.807, 2.05) is 43.5 Å². The molecule has 0 N–H and O–H groups in total. The monoisotopic (exact) mass is 280 g/mol. The van der Waals surface area contributed by atoms with Gasteiger partial charge in [-0.1, -0.05) is 39.0 Å². The summed E-state index contributed by atoms with van der Waals surface area (Å²) >= 11 is 0. The maximum atomic E-state index is 6.14. The molecule has 0 aliphatic rings. The van der Waals surface area contributed by atoms with E-state index in [9.17, 15) is 0 Å². The first-order valence-corrected chi connectivity index (χ1v) is 9.68. The van der Waals surface area contributed by atoms with E-state index in [2.05, 4.69) is 33.9 Å². The Morgan fingerprint density at radius 3 is 2.21 bits per heavy atom. The largest absolute Gasteiger partial charge is 0.351 e. The van der Waals surface area contributed by atoms with Gasteiger partial charge in [0.25, 0.3) is 6.21 Å². The van der Waals surface area contributed by atoms with Crippen LogP contribution in [0.5, 0.6) is 0 Å². The van der Waals surface area contributed by atoms with Gasteiger partial charge in [-0.05, 0) is 37.2 Å². The van der Waals surface area contributed by atoms with Crippen LogP contribution in [0.4, 0.5) is 0 Å². The minimum Gasteiger partial charge on any atom is -0.305 e. The summed E-state index contributed by atoms with van der Waals surface area (Å²) in [5.41, 5.74) is 1.06. The minimum atomic E-state index is -1.89. The fraction of sp³-hybridized carbons (Fsp3) is 0.533. The number of rotatable bonds is 5. The summed E-state index contributed by atoms with van der Waals surface area (Å²) in [5, 5.41) is 0.146. The first kappa shape index (κ1) is 15.8. The second-order valence-corrected chi connectivity index (χ2v) is 10.8. The molecule has 0 aliphatic heterocycles. The van der Waals surface area contributed by atoms with Crippen molar-refractivity contribution in [3.63, 3.8) is 0 Å². The lowest BCUT2D eigenvalue weighted by Gasteiger charge is -2.30. The fourth-order valence-electron chi connectivity index (χ4n) is 1.24. The highest BCUT2D eigenvalue weighted by atomic mass is 28.4. The average molecular weight is 280 g/mol. The van der Waals surface area contributed by atoms with Gasteiger partial charge in [-0.25, -0.2) is 4.84 Å². The van der Waals surface area contributed by atoms with Gasteiger partial charge in [0, 0.05) is 5.56 Å². The van der Waals surface area contributed by atoms with Crippen LogP contribution in [0.1, 0.15) is 33.3 Å². The van der Waals surface area contributed by atoms with E-state index in [0.717, 1.165) is 5.56 Å². The van der Waals surface area contributed by atoms with E-state index < -0.39 is 8.32 Å². The molecule has 0 aromatic heterocycles. The first-order valence-electron chi connectivity index (χ1n) is 6.77. The predicted octanol–water partition coefficient (Wildman–Crippen LogP) is 4.01. The maximum absolute atomic E-state index is 6.14. The topological polar surface area (TPSA) is 21.5 Å². The van der Waals surface area contributed by atoms with Gasteiger partial charge < -0.3 is 4.53 Å². The highest BCUT2D eigenvalue weighted by molar-refractivity contribution is 6.73. The Bertz CT molecular complexity index is 422. The van der Waals surface area contributed by atoms with Crippen LogP contribution in [0.25, 0.3) is 0 Å². The Balaban J connectivity index is 2.94. The van der Waals surface area contributed by atoms with Gasteiger partial charge in [-0.3, -0.25) is 0 Å². The van der Waals surface area contributed by atoms with Crippen LogP contribution >= 0.6 is 0 Å². The smallest absolute Gasteiger partial charge is 0.305 e. The summed E-state index contributed by atoms with van der Waals surface area (Å²) < 4.78 is 6.14. The summed E-state index contributed by atoms with van der Waals surface area (Å²) in [6, 6.07) is 10.1. The molecule has 3 nitrogen and oxygen atoms in total. The van der Waals surface area contributed by atoms with Crippen LogP contribution in [0, 0.1) is 0 Å². The molecular formula is C15H26NO2Si+. The molecule has 106 valence electrons. The molecule has 0 saturated carbocycles. The predicted molar refractivity (Wildman–Crippen MR) is 81.8 cm³/mol. The summed E-state index contributed by atoms with van der Waals surface area (Å²) in [6.07, 6.45) is 1.89. The van der Waals surface area contributed by atoms with Gasteiger partial charge >= 0.3 is 8.32 Å². The second-order valence-electron chi connectivity index (χ2n) is 6.09. The number of benzene rings is 1. The Morgan fingerprint density at radius 2 is 1.74 bits per heavy atom. The number of nitrogens with zero attached hydrogens (tertiary/aromatic N) is 1. The molecule has 0 spiro atoms. The molecule has 0 fully saturated rings. The Morgan fingerprint density at radius 1 is 1.16 bits per heavy atom. The molecule has 0 aliphatic carbocycles. The van der Waals surface area contributed by atoms with Crippen molar-refractivity contribution < 1.29 is 14.3 Å². The highest BCUT2D eigenvalue weighted by Gasteiger charge is 2.45. The molecule has 0 radical (unpaired) electrons. The van der Waals surface area contributed by atoms with Crippen molar-refractivity contribution in [1.29, 1.82) is 0 Å². The lowest BCUT2D eigenvalue weighted by Crippen LogP contribution is -2.44. The zero-order valence-corrected chi connectivity index (χ0v) is 13.9. The molecule has 0 unspecified atom stereocenters. The Kier molecular flexibility index (Phi) is 5.17. The third-order valence-corrected chi connectivity index (χ3v) is 7.68. The maximum Gasteiger partial charge on any atom is 0.351 e. The van der Waals surface area contributed by atoms with Crippen molar-refractivity contribution in [3.8, 4) is 0 Å². The summed E-state index contributed by atoms with van der Waals surface area (Å²) in [7, 11) is -1.89. The van der Waals surface area contributed by atoms with Crippen LogP contribution in [0.3, 0.4) is 0 Å². The van der Waals surface area contributed by atoms with E-state index in [4.69, 9.17) is 9.36 Å². The molecule has 1 rings (SSSR count). The van der Waals surface area contributed by atoms with Crippen LogP contribution in [0.15, 0.2) is 30.3 Å². The van der Waals surface area contributed by atoms with Crippen LogP contribution < -0.4 is 0 Å².